The molecule has 0 radical (unpaired) electrons. The molecule has 2 fully saturated rings. The Balaban J connectivity index is 1.17. The van der Waals surface area contributed by atoms with Gasteiger partial charge in [-0.15, -0.1) is 0 Å². The van der Waals surface area contributed by atoms with Crippen molar-refractivity contribution in [1.29, 1.82) is 5.53 Å². The van der Waals surface area contributed by atoms with Crippen molar-refractivity contribution in [2.24, 2.45) is 5.11 Å². The second kappa shape index (κ2) is 11.4. The van der Waals surface area contributed by atoms with Crippen LogP contribution in [0, 0.1) is 5.53 Å². The van der Waals surface area contributed by atoms with Gasteiger partial charge in [0.05, 0.1) is 19.8 Å². The second-order valence-electron chi connectivity index (χ2n) is 9.37. The number of anilines is 1. The van der Waals surface area contributed by atoms with Crippen molar-refractivity contribution in [2.75, 3.05) is 37.8 Å². The van der Waals surface area contributed by atoms with Crippen LogP contribution in [0.4, 0.5) is 5.69 Å². The average molecular weight is 519 g/mol. The molecule has 2 aromatic rings. The molecule has 0 aromatic heterocycles. The van der Waals surface area contributed by atoms with Crippen LogP contribution in [0.15, 0.2) is 59.5 Å². The van der Waals surface area contributed by atoms with E-state index in [1.807, 2.05) is 0 Å². The minimum absolute atomic E-state index is 0.0372. The van der Waals surface area contributed by atoms with Crippen LogP contribution in [0.3, 0.4) is 0 Å². The predicted molar refractivity (Wildman–Crippen MR) is 138 cm³/mol. The fraction of sp³-hybridized carbons (Fsp3) is 0.370. The Hall–Kier alpha value is -4.25. The van der Waals surface area contributed by atoms with Gasteiger partial charge in [-0.25, -0.2) is 5.53 Å². The van der Waals surface area contributed by atoms with E-state index in [1.54, 1.807) is 24.4 Å². The second-order valence-corrected chi connectivity index (χ2v) is 9.37. The standard InChI is InChI=1S/C27H30N6O5/c28-31-19(15-29-14-18-4-6-20(7-5-18)32-10-12-37-13-11-32)17-38-24-3-1-2-21-22(24)16-33(27(21)36)23-8-9-25(34)30-26(23)35/h1-7,15,23,28-29H,8-14,16-17H2,(H,30,34,35)/b19-15-,31-28?. The first kappa shape index (κ1) is 25.4. The molecule has 0 spiro atoms. The van der Waals surface area contributed by atoms with E-state index in [4.69, 9.17) is 15.0 Å². The normalized spacial score (nSPS) is 19.7. The van der Waals surface area contributed by atoms with E-state index in [-0.39, 0.29) is 31.4 Å². The van der Waals surface area contributed by atoms with Crippen LogP contribution < -0.4 is 20.3 Å². The van der Waals surface area contributed by atoms with Crippen LogP contribution in [0.25, 0.3) is 0 Å². The minimum atomic E-state index is -0.689. The van der Waals surface area contributed by atoms with Crippen LogP contribution in [-0.4, -0.2) is 61.6 Å². The molecule has 3 amide bonds. The highest BCUT2D eigenvalue weighted by atomic mass is 16.5. The van der Waals surface area contributed by atoms with Gasteiger partial charge in [0.1, 0.15) is 24.1 Å². The minimum Gasteiger partial charge on any atom is -0.487 e. The first-order valence-electron chi connectivity index (χ1n) is 12.6. The number of amides is 3. The van der Waals surface area contributed by atoms with Gasteiger partial charge in [-0.1, -0.05) is 18.2 Å². The number of carbonyl (C=O) groups excluding carboxylic acids is 3. The summed E-state index contributed by atoms with van der Waals surface area (Å²) in [7, 11) is 0. The van der Waals surface area contributed by atoms with Crippen molar-refractivity contribution in [1.82, 2.24) is 15.5 Å². The number of benzene rings is 2. The fourth-order valence-corrected chi connectivity index (χ4v) is 4.88. The van der Waals surface area contributed by atoms with E-state index in [9.17, 15) is 14.4 Å². The smallest absolute Gasteiger partial charge is 0.255 e. The van der Waals surface area contributed by atoms with Crippen molar-refractivity contribution in [3.05, 3.63) is 71.1 Å². The zero-order chi connectivity index (χ0) is 26.5. The highest BCUT2D eigenvalue weighted by molar-refractivity contribution is 6.05. The van der Waals surface area contributed by atoms with E-state index in [0.717, 1.165) is 31.9 Å². The molecule has 1 atom stereocenters. The van der Waals surface area contributed by atoms with Crippen LogP contribution in [0.1, 0.15) is 34.3 Å². The molecule has 11 heteroatoms. The Morgan fingerprint density at radius 2 is 1.95 bits per heavy atom. The van der Waals surface area contributed by atoms with Crippen LogP contribution in [-0.2, 0) is 27.4 Å². The third kappa shape index (κ3) is 5.52. The molecule has 1 unspecified atom stereocenters. The van der Waals surface area contributed by atoms with Gasteiger partial charge >= 0.3 is 0 Å². The first-order valence-corrected chi connectivity index (χ1v) is 12.6. The third-order valence-corrected chi connectivity index (χ3v) is 6.95. The summed E-state index contributed by atoms with van der Waals surface area (Å²) in [6.07, 6.45) is 2.14. The number of nitrogens with zero attached hydrogens (tertiary/aromatic N) is 3. The molecule has 0 bridgehead atoms. The number of imide groups is 1. The Morgan fingerprint density at radius 1 is 1.16 bits per heavy atom. The lowest BCUT2D eigenvalue weighted by Crippen LogP contribution is -2.52. The van der Waals surface area contributed by atoms with Gasteiger partial charge in [0.15, 0.2) is 0 Å². The van der Waals surface area contributed by atoms with Gasteiger partial charge in [-0.05, 0) is 36.2 Å². The lowest BCUT2D eigenvalue weighted by Gasteiger charge is -2.29. The molecule has 0 aliphatic carbocycles. The summed E-state index contributed by atoms with van der Waals surface area (Å²) in [6, 6.07) is 12.8. The summed E-state index contributed by atoms with van der Waals surface area (Å²) in [4.78, 5) is 40.6. The Bertz CT molecular complexity index is 1260. The molecular formula is C27H30N6O5. The van der Waals surface area contributed by atoms with Gasteiger partial charge in [-0.2, -0.15) is 5.11 Å². The summed E-state index contributed by atoms with van der Waals surface area (Å²) in [5.74, 6) is -0.539. The van der Waals surface area contributed by atoms with Crippen LogP contribution in [0.2, 0.25) is 0 Å². The lowest BCUT2D eigenvalue weighted by atomic mass is 10.0. The summed E-state index contributed by atoms with van der Waals surface area (Å²) >= 11 is 0. The molecule has 0 saturated carbocycles. The topological polar surface area (TPSA) is 136 Å². The van der Waals surface area contributed by atoms with Gasteiger partial charge in [-0.3, -0.25) is 19.7 Å². The van der Waals surface area contributed by atoms with Gasteiger partial charge in [0, 0.05) is 49.1 Å². The number of ether oxygens (including phenoxy) is 2. The molecule has 38 heavy (non-hydrogen) atoms. The average Bonchev–Trinajstić information content (AvgIpc) is 3.28. The predicted octanol–water partition coefficient (Wildman–Crippen LogP) is 2.33. The number of rotatable bonds is 9. The molecule has 2 saturated heterocycles. The van der Waals surface area contributed by atoms with Crippen molar-refractivity contribution in [2.45, 2.75) is 32.0 Å². The fourth-order valence-electron chi connectivity index (χ4n) is 4.88. The van der Waals surface area contributed by atoms with E-state index in [1.165, 1.54) is 10.6 Å². The SMILES string of the molecule is N=N/C(=C\NCc1ccc(N2CCOCC2)cc1)COc1cccc2c1CN(C1CCC(=O)NC1=O)C2=O. The molecular weight excluding hydrogens is 488 g/mol. The number of piperidine rings is 1. The molecule has 3 heterocycles. The van der Waals surface area contributed by atoms with Gasteiger partial charge in [0.25, 0.3) is 5.91 Å². The van der Waals surface area contributed by atoms with Gasteiger partial charge < -0.3 is 24.6 Å². The molecule has 3 aliphatic heterocycles. The van der Waals surface area contributed by atoms with E-state index >= 15 is 0 Å². The molecule has 2 aromatic carbocycles. The first-order chi connectivity index (χ1) is 18.5. The monoisotopic (exact) mass is 518 g/mol. The number of nitrogens with one attached hydrogen (secondary N) is 3. The van der Waals surface area contributed by atoms with E-state index in [2.05, 4.69) is 44.9 Å². The third-order valence-electron chi connectivity index (χ3n) is 6.95. The lowest BCUT2D eigenvalue weighted by molar-refractivity contribution is -0.136. The zero-order valence-corrected chi connectivity index (χ0v) is 20.9. The molecule has 3 N–H and O–H groups in total. The Morgan fingerprint density at radius 3 is 2.68 bits per heavy atom. The van der Waals surface area contributed by atoms with E-state index < -0.39 is 11.9 Å². The van der Waals surface area contributed by atoms with E-state index in [0.29, 0.717) is 35.5 Å². The molecule has 3 aliphatic rings. The van der Waals surface area contributed by atoms with Crippen molar-refractivity contribution < 1.29 is 23.9 Å². The number of morpholine rings is 1. The number of carbonyl (C=O) groups is 3. The quantitative estimate of drug-likeness (QED) is 0.342. The largest absolute Gasteiger partial charge is 0.487 e. The highest BCUT2D eigenvalue weighted by Crippen LogP contribution is 2.33. The van der Waals surface area contributed by atoms with Gasteiger partial charge in [0.2, 0.25) is 11.8 Å². The number of hydrogen-bond donors (Lipinski definition) is 3. The Kier molecular flexibility index (Phi) is 7.64. The van der Waals surface area contributed by atoms with Crippen LogP contribution >= 0.6 is 0 Å². The summed E-state index contributed by atoms with van der Waals surface area (Å²) in [5, 5.41) is 9.06. The van der Waals surface area contributed by atoms with Crippen LogP contribution in [0.5, 0.6) is 5.75 Å². The summed E-state index contributed by atoms with van der Waals surface area (Å²) in [5.41, 5.74) is 11.3. The molecule has 5 rings (SSSR count). The zero-order valence-electron chi connectivity index (χ0n) is 20.9. The Labute approximate surface area is 220 Å². The van der Waals surface area contributed by atoms with Crippen molar-refractivity contribution in [3.63, 3.8) is 0 Å². The van der Waals surface area contributed by atoms with Crippen molar-refractivity contribution in [3.8, 4) is 5.75 Å². The van der Waals surface area contributed by atoms with Crippen molar-refractivity contribution >= 4 is 23.4 Å². The molecule has 11 nitrogen and oxygen atoms in total. The maximum absolute atomic E-state index is 13.0. The maximum atomic E-state index is 13.0. The maximum Gasteiger partial charge on any atom is 0.255 e. The summed E-state index contributed by atoms with van der Waals surface area (Å²) in [6.45, 7) is 4.09. The summed E-state index contributed by atoms with van der Waals surface area (Å²) < 4.78 is 11.4. The number of hydrogen-bond acceptors (Lipinski definition) is 9. The number of fused-ring (bicyclic) bond motifs is 1. The molecule has 198 valence electrons. The highest BCUT2D eigenvalue weighted by Gasteiger charge is 2.40.